The molecule has 5 aliphatic carbocycles. The molecule has 3 saturated heterocycles. The van der Waals surface area contributed by atoms with Crippen molar-refractivity contribution in [2.75, 3.05) is 6.61 Å². The fraction of sp³-hybridized carbons (Fsp3) is 0.943. The van der Waals surface area contributed by atoms with Crippen LogP contribution >= 0.6 is 0 Å². The van der Waals surface area contributed by atoms with Crippen molar-refractivity contribution in [3.8, 4) is 0 Å². The minimum absolute atomic E-state index is 0.0234. The van der Waals surface area contributed by atoms with Gasteiger partial charge in [-0.05, 0) is 92.3 Å². The van der Waals surface area contributed by atoms with Crippen molar-refractivity contribution >= 4 is 0 Å². The topological polar surface area (TPSA) is 138 Å². The fourth-order valence-corrected chi connectivity index (χ4v) is 13.1. The third-order valence-corrected chi connectivity index (χ3v) is 15.2. The third kappa shape index (κ3) is 3.33. The van der Waals surface area contributed by atoms with Crippen LogP contribution in [-0.4, -0.2) is 92.5 Å². The van der Waals surface area contributed by atoms with Crippen LogP contribution in [0.2, 0.25) is 0 Å². The van der Waals surface area contributed by atoms with Crippen LogP contribution < -0.4 is 0 Å². The Kier molecular flexibility index (Phi) is 6.20. The number of allylic oxidation sites excluding steroid dienone is 1. The first-order valence-electron chi connectivity index (χ1n) is 17.2. The molecule has 0 aromatic heterocycles. The van der Waals surface area contributed by atoms with Gasteiger partial charge in [0.1, 0.15) is 30.5 Å². The Balaban J connectivity index is 1.13. The summed E-state index contributed by atoms with van der Waals surface area (Å²) in [5.41, 5.74) is -0.456. The van der Waals surface area contributed by atoms with Gasteiger partial charge in [0.2, 0.25) is 0 Å². The van der Waals surface area contributed by atoms with E-state index in [-0.39, 0.29) is 46.4 Å². The molecule has 0 aromatic rings. The molecule has 9 heteroatoms. The highest BCUT2D eigenvalue weighted by atomic mass is 16.8. The molecule has 8 rings (SSSR count). The molecule has 2 bridgehead atoms. The van der Waals surface area contributed by atoms with Crippen molar-refractivity contribution in [1.82, 2.24) is 0 Å². The standard InChI is InChI=1S/C35H54O9/c1-17-14-19-26(30(4,5)40)44-35(43-19)25(17)31(6)12-13-34-16-33(34)11-10-22(42-27-24(38)23(37)18(36)15-41-27)29(2,3)20(33)8-9-21(34)32(31,7)28(35)39/h9,17-20,22-28,36-40H,8,10-16H2,1-7H3/t17-,18-,19-,20?,22+,23-,24?,25-,26-,27+,28-,31-,32-,33-,34+,35+/m1/s1. The van der Waals surface area contributed by atoms with Crippen molar-refractivity contribution in [3.05, 3.63) is 11.6 Å². The number of rotatable bonds is 3. The van der Waals surface area contributed by atoms with Gasteiger partial charge in [0, 0.05) is 11.3 Å². The van der Waals surface area contributed by atoms with Gasteiger partial charge in [-0.15, -0.1) is 0 Å². The van der Waals surface area contributed by atoms with E-state index in [0.717, 1.165) is 44.9 Å². The molecule has 4 saturated carbocycles. The van der Waals surface area contributed by atoms with Crippen LogP contribution in [0.15, 0.2) is 11.6 Å². The third-order valence-electron chi connectivity index (χ3n) is 15.2. The first-order chi connectivity index (χ1) is 20.4. The van der Waals surface area contributed by atoms with Gasteiger partial charge in [-0.25, -0.2) is 0 Å². The van der Waals surface area contributed by atoms with Crippen molar-refractivity contribution < 1.29 is 44.5 Å². The van der Waals surface area contributed by atoms with Gasteiger partial charge in [0.15, 0.2) is 12.1 Å². The minimum atomic E-state index is -1.30. The fourth-order valence-electron chi connectivity index (χ4n) is 13.1. The van der Waals surface area contributed by atoms with Crippen LogP contribution in [0.3, 0.4) is 0 Å². The van der Waals surface area contributed by atoms with Crippen molar-refractivity contribution in [1.29, 1.82) is 0 Å². The highest BCUT2D eigenvalue weighted by molar-refractivity contribution is 5.48. The lowest BCUT2D eigenvalue weighted by Gasteiger charge is -2.60. The average molecular weight is 619 g/mol. The molecule has 3 heterocycles. The normalized spacial score (nSPS) is 60.4. The summed E-state index contributed by atoms with van der Waals surface area (Å²) in [5.74, 6) is -0.431. The lowest BCUT2D eigenvalue weighted by molar-refractivity contribution is -0.300. The van der Waals surface area contributed by atoms with Crippen LogP contribution in [0.1, 0.15) is 93.4 Å². The van der Waals surface area contributed by atoms with E-state index in [1.165, 1.54) is 5.57 Å². The molecule has 248 valence electrons. The zero-order chi connectivity index (χ0) is 31.6. The number of aliphatic hydroxyl groups is 5. The molecule has 5 N–H and O–H groups in total. The molecule has 0 aromatic carbocycles. The molecule has 0 amide bonds. The maximum Gasteiger partial charge on any atom is 0.199 e. The van der Waals surface area contributed by atoms with E-state index in [2.05, 4.69) is 40.7 Å². The zero-order valence-electron chi connectivity index (χ0n) is 27.5. The van der Waals surface area contributed by atoms with Crippen molar-refractivity contribution in [3.63, 3.8) is 0 Å². The van der Waals surface area contributed by atoms with Gasteiger partial charge in [0.25, 0.3) is 0 Å². The summed E-state index contributed by atoms with van der Waals surface area (Å²) < 4.78 is 25.7. The van der Waals surface area contributed by atoms with E-state index in [4.69, 9.17) is 18.9 Å². The molecule has 3 aliphatic heterocycles. The summed E-state index contributed by atoms with van der Waals surface area (Å²) in [6.45, 7) is 15.0. The van der Waals surface area contributed by atoms with E-state index < -0.39 is 53.6 Å². The van der Waals surface area contributed by atoms with Gasteiger partial charge in [-0.1, -0.05) is 46.3 Å². The molecule has 2 unspecified atom stereocenters. The second-order valence-electron chi connectivity index (χ2n) is 17.8. The van der Waals surface area contributed by atoms with E-state index in [1.807, 2.05) is 0 Å². The smallest absolute Gasteiger partial charge is 0.199 e. The Morgan fingerprint density at radius 3 is 2.41 bits per heavy atom. The predicted molar refractivity (Wildman–Crippen MR) is 159 cm³/mol. The van der Waals surface area contributed by atoms with Gasteiger partial charge < -0.3 is 44.5 Å². The highest BCUT2D eigenvalue weighted by Crippen LogP contribution is 2.89. The lowest BCUT2D eigenvalue weighted by atomic mass is 9.44. The highest BCUT2D eigenvalue weighted by Gasteiger charge is 2.86. The second-order valence-corrected chi connectivity index (χ2v) is 17.8. The molecular weight excluding hydrogens is 564 g/mol. The van der Waals surface area contributed by atoms with Gasteiger partial charge in [-0.3, -0.25) is 0 Å². The first kappa shape index (κ1) is 30.7. The summed E-state index contributed by atoms with van der Waals surface area (Å²) in [7, 11) is 0. The largest absolute Gasteiger partial charge is 0.388 e. The summed E-state index contributed by atoms with van der Waals surface area (Å²) in [6, 6.07) is 0. The maximum atomic E-state index is 12.6. The number of aliphatic hydroxyl groups excluding tert-OH is 4. The van der Waals surface area contributed by atoms with E-state index >= 15 is 0 Å². The van der Waals surface area contributed by atoms with Crippen LogP contribution in [-0.2, 0) is 18.9 Å². The summed E-state index contributed by atoms with van der Waals surface area (Å²) in [5, 5.41) is 54.4. The van der Waals surface area contributed by atoms with Gasteiger partial charge in [0.05, 0.1) is 24.4 Å². The molecule has 44 heavy (non-hydrogen) atoms. The Hall–Kier alpha value is -0.620. The molecule has 0 radical (unpaired) electrons. The van der Waals surface area contributed by atoms with E-state index in [9.17, 15) is 25.5 Å². The predicted octanol–water partition coefficient (Wildman–Crippen LogP) is 3.04. The molecule has 3 spiro atoms. The Morgan fingerprint density at radius 2 is 1.70 bits per heavy atom. The van der Waals surface area contributed by atoms with Crippen LogP contribution in [0.25, 0.3) is 0 Å². The summed E-state index contributed by atoms with van der Waals surface area (Å²) in [4.78, 5) is 0. The van der Waals surface area contributed by atoms with E-state index in [1.54, 1.807) is 13.8 Å². The van der Waals surface area contributed by atoms with E-state index in [0.29, 0.717) is 11.8 Å². The number of ether oxygens (including phenoxy) is 4. The Labute approximate surface area is 261 Å². The van der Waals surface area contributed by atoms with Crippen LogP contribution in [0, 0.1) is 44.8 Å². The second kappa shape index (κ2) is 8.88. The molecule has 8 aliphatic rings. The Morgan fingerprint density at radius 1 is 0.977 bits per heavy atom. The first-order valence-corrected chi connectivity index (χ1v) is 17.2. The SMILES string of the molecule is C[C@@H]1C[C@H]2O[C@]3(O[C@H]2C(C)(C)O)[C@H]1[C@@]1(C)CC[C@@]24C[C@@]25CC[C@H](O[C@@H]2OC[C@@H](O)[C@@H](O)C2O)C(C)(C)C5CC=C4[C@]1(C)[C@H]3O. The lowest BCUT2D eigenvalue weighted by Crippen LogP contribution is -2.58. The van der Waals surface area contributed by atoms with Gasteiger partial charge >= 0.3 is 0 Å². The summed E-state index contributed by atoms with van der Waals surface area (Å²) in [6.07, 6.45) is 2.81. The Bertz CT molecular complexity index is 1260. The maximum absolute atomic E-state index is 12.6. The average Bonchev–Trinajstić information content (AvgIpc) is 3.45. The number of hydrogen-bond acceptors (Lipinski definition) is 9. The van der Waals surface area contributed by atoms with Crippen LogP contribution in [0.5, 0.6) is 0 Å². The quantitative estimate of drug-likeness (QED) is 0.302. The molecule has 16 atom stereocenters. The van der Waals surface area contributed by atoms with Crippen LogP contribution in [0.4, 0.5) is 0 Å². The molecule has 9 nitrogen and oxygen atoms in total. The minimum Gasteiger partial charge on any atom is -0.388 e. The zero-order valence-corrected chi connectivity index (χ0v) is 27.5. The molecular formula is C35H54O9. The number of fused-ring (bicyclic) bond motifs is 4. The monoisotopic (exact) mass is 618 g/mol. The molecule has 7 fully saturated rings. The van der Waals surface area contributed by atoms with Crippen molar-refractivity contribution in [2.45, 2.75) is 154 Å². The van der Waals surface area contributed by atoms with Gasteiger partial charge in [-0.2, -0.15) is 0 Å². The summed E-state index contributed by atoms with van der Waals surface area (Å²) >= 11 is 0. The van der Waals surface area contributed by atoms with Crippen molar-refractivity contribution in [2.24, 2.45) is 44.8 Å². The number of hydrogen-bond donors (Lipinski definition) is 5.